The smallest absolute Gasteiger partial charge is 0.275 e. The van der Waals surface area contributed by atoms with E-state index in [-0.39, 0.29) is 23.7 Å². The van der Waals surface area contributed by atoms with E-state index in [4.69, 9.17) is 4.84 Å². The first-order valence-corrected chi connectivity index (χ1v) is 6.42. The lowest BCUT2D eigenvalue weighted by atomic mass is 10.2. The number of tetrazole rings is 1. The highest BCUT2D eigenvalue weighted by atomic mass is 16.6. The molecule has 0 radical (unpaired) electrons. The Kier molecular flexibility index (Phi) is 4.92. The van der Waals surface area contributed by atoms with Crippen LogP contribution in [-0.4, -0.2) is 36.7 Å². The van der Waals surface area contributed by atoms with Crippen LogP contribution in [0.2, 0.25) is 0 Å². The van der Waals surface area contributed by atoms with Crippen LogP contribution < -0.4 is 10.2 Å². The lowest BCUT2D eigenvalue weighted by Gasteiger charge is -2.07. The number of rotatable bonds is 6. The molecule has 0 saturated heterocycles. The summed E-state index contributed by atoms with van der Waals surface area (Å²) in [6.07, 6.45) is 1.28. The summed E-state index contributed by atoms with van der Waals surface area (Å²) < 4.78 is 1.22. The van der Waals surface area contributed by atoms with Crippen LogP contribution in [0.15, 0.2) is 29.7 Å². The molecule has 0 aliphatic carbocycles. The third kappa shape index (κ3) is 4.84. The van der Waals surface area contributed by atoms with Crippen molar-refractivity contribution in [3.05, 3.63) is 34.6 Å². The van der Waals surface area contributed by atoms with Crippen molar-refractivity contribution in [2.45, 2.75) is 20.4 Å². The summed E-state index contributed by atoms with van der Waals surface area (Å²) >= 11 is 0. The van der Waals surface area contributed by atoms with Crippen LogP contribution >= 0.6 is 0 Å². The zero-order valence-electron chi connectivity index (χ0n) is 12.3. The van der Waals surface area contributed by atoms with Gasteiger partial charge in [0.2, 0.25) is 5.91 Å². The second-order valence-electron chi connectivity index (χ2n) is 4.66. The maximum atomic E-state index is 11.9. The van der Waals surface area contributed by atoms with Gasteiger partial charge in [-0.05, 0) is 24.3 Å². The molecular formula is C12H13N7O4. The van der Waals surface area contributed by atoms with Crippen LogP contribution in [0.5, 0.6) is 5.75 Å². The first kappa shape index (κ1) is 16.0. The quantitative estimate of drug-likeness (QED) is 0.476. The Bertz CT molecular complexity index is 738. The van der Waals surface area contributed by atoms with Gasteiger partial charge in [-0.1, -0.05) is 5.16 Å². The summed E-state index contributed by atoms with van der Waals surface area (Å²) in [6, 6.07) is 3.85. The lowest BCUT2D eigenvalue weighted by molar-refractivity contribution is -0.384. The van der Waals surface area contributed by atoms with Gasteiger partial charge in [0.15, 0.2) is 5.75 Å². The first-order valence-electron chi connectivity index (χ1n) is 6.42. The summed E-state index contributed by atoms with van der Waals surface area (Å²) in [5, 5.41) is 27.6. The van der Waals surface area contributed by atoms with E-state index in [1.807, 2.05) is 0 Å². The van der Waals surface area contributed by atoms with Gasteiger partial charge < -0.3 is 10.2 Å². The molecule has 2 rings (SSSR count). The summed E-state index contributed by atoms with van der Waals surface area (Å²) in [4.78, 5) is 27.3. The number of carbonyl (C=O) groups is 1. The Hall–Kier alpha value is -3.37. The van der Waals surface area contributed by atoms with Crippen molar-refractivity contribution >= 4 is 23.0 Å². The number of aromatic nitrogens is 4. The molecule has 0 unspecified atom stereocenters. The monoisotopic (exact) mass is 319 g/mol. The number of benzene rings is 1. The molecule has 120 valence electrons. The Morgan fingerprint density at radius 2 is 2.22 bits per heavy atom. The van der Waals surface area contributed by atoms with E-state index < -0.39 is 10.8 Å². The minimum absolute atomic E-state index is 0.127. The summed E-state index contributed by atoms with van der Waals surface area (Å²) in [6.45, 7) is 3.30. The van der Waals surface area contributed by atoms with Gasteiger partial charge in [0.05, 0.1) is 22.4 Å². The Balaban J connectivity index is 2.17. The van der Waals surface area contributed by atoms with Crippen molar-refractivity contribution in [1.29, 1.82) is 0 Å². The zero-order valence-corrected chi connectivity index (χ0v) is 12.3. The lowest BCUT2D eigenvalue weighted by Crippen LogP contribution is -2.19. The van der Waals surface area contributed by atoms with Crippen LogP contribution in [0.4, 0.5) is 11.4 Å². The molecule has 0 atom stereocenters. The SMILES string of the molecule is CC(C)=NOc1cc(NC(=O)Cn2cnnn2)cc([N+](=O)[O-])c1. The number of anilines is 1. The van der Waals surface area contributed by atoms with Crippen molar-refractivity contribution in [3.63, 3.8) is 0 Å². The van der Waals surface area contributed by atoms with Crippen molar-refractivity contribution in [1.82, 2.24) is 20.2 Å². The van der Waals surface area contributed by atoms with Crippen molar-refractivity contribution < 1.29 is 14.6 Å². The predicted molar refractivity (Wildman–Crippen MR) is 79.0 cm³/mol. The zero-order chi connectivity index (χ0) is 16.8. The van der Waals surface area contributed by atoms with Crippen LogP contribution in [0.25, 0.3) is 0 Å². The Morgan fingerprint density at radius 3 is 2.83 bits per heavy atom. The third-order valence-electron chi connectivity index (χ3n) is 2.42. The molecule has 0 spiro atoms. The molecule has 11 nitrogen and oxygen atoms in total. The number of carbonyl (C=O) groups excluding carboxylic acids is 1. The third-order valence-corrected chi connectivity index (χ3v) is 2.42. The van der Waals surface area contributed by atoms with Gasteiger partial charge in [-0.3, -0.25) is 14.9 Å². The molecule has 1 aromatic carbocycles. The molecular weight excluding hydrogens is 306 g/mol. The fourth-order valence-electron chi connectivity index (χ4n) is 1.56. The van der Waals surface area contributed by atoms with E-state index in [2.05, 4.69) is 26.0 Å². The maximum absolute atomic E-state index is 11.9. The number of oxime groups is 1. The average molecular weight is 319 g/mol. The Labute approximate surface area is 130 Å². The van der Waals surface area contributed by atoms with Crippen molar-refractivity contribution in [3.8, 4) is 5.75 Å². The number of nitrogens with one attached hydrogen (secondary N) is 1. The average Bonchev–Trinajstić information content (AvgIpc) is 2.97. The second-order valence-corrected chi connectivity index (χ2v) is 4.66. The standard InChI is InChI=1S/C12H13N7O4/c1-8(2)15-23-11-4-9(3-10(5-11)19(21)22)14-12(20)6-18-7-13-16-17-18/h3-5,7H,6H2,1-2H3,(H,14,20). The van der Waals surface area contributed by atoms with Crippen LogP contribution in [0.1, 0.15) is 13.8 Å². The Morgan fingerprint density at radius 1 is 1.43 bits per heavy atom. The number of hydrogen-bond donors (Lipinski definition) is 1. The molecule has 2 aromatic rings. The highest BCUT2D eigenvalue weighted by molar-refractivity contribution is 5.91. The molecule has 1 amide bonds. The fourth-order valence-corrected chi connectivity index (χ4v) is 1.56. The van der Waals surface area contributed by atoms with Gasteiger partial charge in [-0.15, -0.1) is 5.10 Å². The minimum Gasteiger partial charge on any atom is -0.357 e. The molecule has 1 heterocycles. The summed E-state index contributed by atoms with van der Waals surface area (Å²) in [5.41, 5.74) is 0.612. The molecule has 0 aliphatic rings. The van der Waals surface area contributed by atoms with Gasteiger partial charge in [-0.25, -0.2) is 4.68 Å². The number of nitro groups is 1. The first-order chi connectivity index (χ1) is 10.9. The molecule has 0 fully saturated rings. The summed E-state index contributed by atoms with van der Waals surface area (Å²) in [7, 11) is 0. The molecule has 1 aromatic heterocycles. The van der Waals surface area contributed by atoms with Gasteiger partial charge in [0, 0.05) is 12.1 Å². The molecule has 0 aliphatic heterocycles. The van der Waals surface area contributed by atoms with E-state index in [1.165, 1.54) is 29.2 Å². The van der Waals surface area contributed by atoms with E-state index >= 15 is 0 Å². The van der Waals surface area contributed by atoms with Crippen LogP contribution in [0, 0.1) is 10.1 Å². The molecule has 0 saturated carbocycles. The number of amides is 1. The fraction of sp³-hybridized carbons (Fsp3) is 0.250. The number of nitrogens with zero attached hydrogens (tertiary/aromatic N) is 6. The van der Waals surface area contributed by atoms with E-state index in [9.17, 15) is 14.9 Å². The van der Waals surface area contributed by atoms with E-state index in [0.717, 1.165) is 0 Å². The van der Waals surface area contributed by atoms with Gasteiger partial charge in [0.25, 0.3) is 5.69 Å². The minimum atomic E-state index is -0.591. The molecule has 23 heavy (non-hydrogen) atoms. The molecule has 0 bridgehead atoms. The maximum Gasteiger partial charge on any atom is 0.275 e. The topological polar surface area (TPSA) is 137 Å². The van der Waals surface area contributed by atoms with Gasteiger partial charge >= 0.3 is 0 Å². The highest BCUT2D eigenvalue weighted by Gasteiger charge is 2.13. The van der Waals surface area contributed by atoms with Crippen molar-refractivity contribution in [2.24, 2.45) is 5.16 Å². The van der Waals surface area contributed by atoms with E-state index in [1.54, 1.807) is 13.8 Å². The normalized spacial score (nSPS) is 10.0. The number of hydrogen-bond acceptors (Lipinski definition) is 8. The highest BCUT2D eigenvalue weighted by Crippen LogP contribution is 2.26. The van der Waals surface area contributed by atoms with Crippen LogP contribution in [0.3, 0.4) is 0 Å². The number of non-ortho nitro benzene ring substituents is 1. The second kappa shape index (κ2) is 7.06. The summed E-state index contributed by atoms with van der Waals surface area (Å²) in [5.74, 6) is -0.308. The predicted octanol–water partition coefficient (Wildman–Crippen LogP) is 0.995. The van der Waals surface area contributed by atoms with Gasteiger partial charge in [-0.2, -0.15) is 0 Å². The molecule has 11 heteroatoms. The molecule has 1 N–H and O–H groups in total. The largest absolute Gasteiger partial charge is 0.357 e. The number of nitro benzene ring substituents is 1. The van der Waals surface area contributed by atoms with Crippen molar-refractivity contribution in [2.75, 3.05) is 5.32 Å². The van der Waals surface area contributed by atoms with Gasteiger partial charge in [0.1, 0.15) is 12.9 Å². The van der Waals surface area contributed by atoms with E-state index in [0.29, 0.717) is 5.71 Å². The van der Waals surface area contributed by atoms with Crippen LogP contribution in [-0.2, 0) is 11.3 Å².